The number of carbonyl (C=O) groups is 1. The fourth-order valence-corrected chi connectivity index (χ4v) is 3.28. The number of carbonyl (C=O) groups excluding carboxylic acids is 1. The Labute approximate surface area is 234 Å². The number of alkyl halides is 17. The van der Waals surface area contributed by atoms with Crippen molar-refractivity contribution in [3.8, 4) is 0 Å². The summed E-state index contributed by atoms with van der Waals surface area (Å²) in [6, 6.07) is 0. The lowest BCUT2D eigenvalue weighted by atomic mass is 9.68. The first kappa shape index (κ1) is 41.2. The average molecular weight is 676 g/mol. The molecule has 0 aromatic rings. The Kier molecular flexibility index (Phi) is 11.7. The first-order chi connectivity index (χ1) is 18.6. The topological polar surface area (TPSA) is 35.5 Å². The molecular weight excluding hydrogens is 647 g/mol. The van der Waals surface area contributed by atoms with Gasteiger partial charge in [0.05, 0.1) is 18.9 Å². The Morgan fingerprint density at radius 1 is 0.605 bits per heavy atom. The number of rotatable bonds is 15. The molecule has 0 saturated carbocycles. The van der Waals surface area contributed by atoms with Crippen molar-refractivity contribution in [2.75, 3.05) is 6.61 Å². The Bertz CT molecular complexity index is 954. The number of halogens is 17. The highest BCUT2D eigenvalue weighted by molar-refractivity contribution is 5.73. The van der Waals surface area contributed by atoms with Crippen LogP contribution in [0.2, 0.25) is 0 Å². The molecular formula is C23H29F17O3. The molecule has 0 rings (SSSR count). The van der Waals surface area contributed by atoms with Gasteiger partial charge in [0.25, 0.3) is 0 Å². The Hall–Kier alpha value is -1.76. The maximum atomic E-state index is 14.6. The van der Waals surface area contributed by atoms with Crippen LogP contribution in [0.3, 0.4) is 0 Å². The second-order valence-electron chi connectivity index (χ2n) is 11.2. The van der Waals surface area contributed by atoms with Gasteiger partial charge < -0.3 is 4.74 Å². The van der Waals surface area contributed by atoms with E-state index in [2.05, 4.69) is 9.47 Å². The van der Waals surface area contributed by atoms with Crippen LogP contribution in [0, 0.1) is 16.7 Å². The lowest BCUT2D eigenvalue weighted by molar-refractivity contribution is -0.499. The molecule has 0 N–H and O–H groups in total. The minimum absolute atomic E-state index is 0.00978. The summed E-state index contributed by atoms with van der Waals surface area (Å²) in [4.78, 5) is 12.7. The van der Waals surface area contributed by atoms with E-state index in [0.717, 1.165) is 0 Å². The molecule has 0 aromatic heterocycles. The predicted molar refractivity (Wildman–Crippen MR) is 114 cm³/mol. The van der Waals surface area contributed by atoms with Crippen molar-refractivity contribution >= 4 is 5.97 Å². The van der Waals surface area contributed by atoms with Gasteiger partial charge in [0.2, 0.25) is 0 Å². The molecule has 3 nitrogen and oxygen atoms in total. The molecule has 0 saturated heterocycles. The van der Waals surface area contributed by atoms with Crippen molar-refractivity contribution in [2.45, 2.75) is 115 Å². The van der Waals surface area contributed by atoms with E-state index in [0.29, 0.717) is 6.42 Å². The van der Waals surface area contributed by atoms with Crippen LogP contribution < -0.4 is 0 Å². The largest absolute Gasteiger partial charge is 0.465 e. The molecule has 43 heavy (non-hydrogen) atoms. The van der Waals surface area contributed by atoms with Gasteiger partial charge in [0.1, 0.15) is 0 Å². The van der Waals surface area contributed by atoms with Crippen molar-refractivity contribution in [3.05, 3.63) is 0 Å². The van der Waals surface area contributed by atoms with E-state index < -0.39 is 83.8 Å². The van der Waals surface area contributed by atoms with Crippen molar-refractivity contribution in [2.24, 2.45) is 16.7 Å². The van der Waals surface area contributed by atoms with E-state index >= 15 is 0 Å². The van der Waals surface area contributed by atoms with Gasteiger partial charge in [-0.2, -0.15) is 70.2 Å². The lowest BCUT2D eigenvalue weighted by Crippen LogP contribution is -2.71. The third-order valence-corrected chi connectivity index (χ3v) is 7.14. The van der Waals surface area contributed by atoms with E-state index in [4.69, 9.17) is 0 Å². The third kappa shape index (κ3) is 7.91. The zero-order valence-corrected chi connectivity index (χ0v) is 23.3. The fourth-order valence-electron chi connectivity index (χ4n) is 3.28. The summed E-state index contributed by atoms with van der Waals surface area (Å²) in [5, 5.41) is 0. The Morgan fingerprint density at radius 3 is 1.37 bits per heavy atom. The van der Waals surface area contributed by atoms with Gasteiger partial charge in [-0.1, -0.05) is 54.4 Å². The highest BCUT2D eigenvalue weighted by Crippen LogP contribution is 2.61. The van der Waals surface area contributed by atoms with Crippen LogP contribution in [0.25, 0.3) is 0 Å². The molecule has 0 bridgehead atoms. The molecule has 0 fully saturated rings. The molecule has 20 heteroatoms. The number of hydrogen-bond donors (Lipinski definition) is 0. The highest BCUT2D eigenvalue weighted by Gasteiger charge is 2.92. The third-order valence-electron chi connectivity index (χ3n) is 7.14. The van der Waals surface area contributed by atoms with Crippen LogP contribution in [0.15, 0.2) is 0 Å². The van der Waals surface area contributed by atoms with Crippen LogP contribution in [0.4, 0.5) is 74.6 Å². The zero-order chi connectivity index (χ0) is 35.1. The van der Waals surface area contributed by atoms with Crippen molar-refractivity contribution in [3.63, 3.8) is 0 Å². The highest BCUT2D eigenvalue weighted by atomic mass is 19.4. The van der Waals surface area contributed by atoms with Crippen LogP contribution >= 0.6 is 0 Å². The molecule has 0 radical (unpaired) electrons. The molecule has 0 aliphatic heterocycles. The monoisotopic (exact) mass is 676 g/mol. The standard InChI is InChI=1S/C23H29F17O3/c1-7-14(3,4)11-12(15(5,6)8-2)13(41)42-10-9-16(24,21(33,34)35)43-23(39,40)20(31,32)18(27,28)17(25,26)19(29,30)22(36,37)38/h12H,7-11H2,1-6H3/t12-,16?/m0/s1. The Morgan fingerprint density at radius 2 is 1.02 bits per heavy atom. The quantitative estimate of drug-likeness (QED) is 0.128. The van der Waals surface area contributed by atoms with Crippen LogP contribution in [-0.4, -0.2) is 60.6 Å². The van der Waals surface area contributed by atoms with Crippen LogP contribution in [0.5, 0.6) is 0 Å². The van der Waals surface area contributed by atoms with Gasteiger partial charge >= 0.3 is 54.0 Å². The van der Waals surface area contributed by atoms with Crippen LogP contribution in [-0.2, 0) is 14.3 Å². The van der Waals surface area contributed by atoms with Gasteiger partial charge in [-0.3, -0.25) is 9.53 Å². The predicted octanol–water partition coefficient (Wildman–Crippen LogP) is 9.74. The number of esters is 1. The molecule has 0 heterocycles. The molecule has 0 aromatic carbocycles. The average Bonchev–Trinajstić information content (AvgIpc) is 2.80. The number of hydrogen-bond acceptors (Lipinski definition) is 3. The molecule has 258 valence electrons. The molecule has 1 unspecified atom stereocenters. The fraction of sp³-hybridized carbons (Fsp3) is 0.957. The van der Waals surface area contributed by atoms with E-state index in [9.17, 15) is 79.4 Å². The zero-order valence-electron chi connectivity index (χ0n) is 23.3. The van der Waals surface area contributed by atoms with Gasteiger partial charge in [-0.15, -0.1) is 0 Å². The van der Waals surface area contributed by atoms with Gasteiger partial charge in [0.15, 0.2) is 0 Å². The minimum atomic E-state index is -8.51. The second kappa shape index (κ2) is 12.2. The summed E-state index contributed by atoms with van der Waals surface area (Å²) >= 11 is 0. The van der Waals surface area contributed by atoms with Gasteiger partial charge in [0, 0.05) is 0 Å². The maximum absolute atomic E-state index is 14.6. The van der Waals surface area contributed by atoms with Gasteiger partial charge in [-0.25, -0.2) is 4.39 Å². The molecule has 0 amide bonds. The minimum Gasteiger partial charge on any atom is -0.465 e. The van der Waals surface area contributed by atoms with Crippen molar-refractivity contribution < 1.29 is 88.9 Å². The summed E-state index contributed by atoms with van der Waals surface area (Å²) in [5.74, 6) is -42.1. The second-order valence-corrected chi connectivity index (χ2v) is 11.2. The van der Waals surface area contributed by atoms with Crippen molar-refractivity contribution in [1.82, 2.24) is 0 Å². The van der Waals surface area contributed by atoms with E-state index in [-0.39, 0.29) is 12.8 Å². The summed E-state index contributed by atoms with van der Waals surface area (Å²) in [6.45, 7) is 7.77. The summed E-state index contributed by atoms with van der Waals surface area (Å²) in [7, 11) is 0. The Balaban J connectivity index is 6.36. The first-order valence-electron chi connectivity index (χ1n) is 12.1. The summed E-state index contributed by atoms with van der Waals surface area (Å²) in [6.07, 6.45) is -24.5. The van der Waals surface area contributed by atoms with E-state index in [1.807, 2.05) is 0 Å². The van der Waals surface area contributed by atoms with E-state index in [1.54, 1.807) is 27.7 Å². The van der Waals surface area contributed by atoms with Gasteiger partial charge in [-0.05, 0) is 17.3 Å². The normalized spacial score (nSPS) is 17.5. The van der Waals surface area contributed by atoms with Crippen molar-refractivity contribution in [1.29, 1.82) is 0 Å². The smallest absolute Gasteiger partial charge is 0.460 e. The molecule has 0 aliphatic carbocycles. The molecule has 0 spiro atoms. The summed E-state index contributed by atoms with van der Waals surface area (Å²) in [5.41, 5.74) is -1.54. The maximum Gasteiger partial charge on any atom is 0.460 e. The molecule has 2 atom stereocenters. The lowest BCUT2D eigenvalue weighted by Gasteiger charge is -2.41. The first-order valence-corrected chi connectivity index (χ1v) is 12.1. The summed E-state index contributed by atoms with van der Waals surface area (Å²) < 4.78 is 233. The van der Waals surface area contributed by atoms with Crippen LogP contribution in [0.1, 0.15) is 67.2 Å². The number of ether oxygens (including phenoxy) is 2. The molecule has 0 aliphatic rings. The van der Waals surface area contributed by atoms with E-state index in [1.165, 1.54) is 13.8 Å². The SMILES string of the molecule is CCC(C)(C)C[C@@H](C(=O)OCCC(F)(OC(F)(F)C(F)(F)C(F)(F)C(F)(F)C(F)(F)C(F)(F)F)C(F)(F)F)C(C)(C)CC.